The van der Waals surface area contributed by atoms with E-state index in [0.717, 1.165) is 6.26 Å². The van der Waals surface area contributed by atoms with Crippen molar-refractivity contribution in [1.29, 1.82) is 0 Å². The highest BCUT2D eigenvalue weighted by Crippen LogP contribution is 2.00. The summed E-state index contributed by atoms with van der Waals surface area (Å²) in [6.07, 6.45) is 1.12. The second-order valence-corrected chi connectivity index (χ2v) is 1.94. The van der Waals surface area contributed by atoms with Crippen LogP contribution in [0, 0.1) is 0 Å². The molecule has 2 nitrogen and oxygen atoms in total. The van der Waals surface area contributed by atoms with E-state index in [1.54, 1.807) is 24.3 Å². The zero-order chi connectivity index (χ0) is 8.10. The number of hydrogen-bond donors (Lipinski definition) is 0. The van der Waals surface area contributed by atoms with Crippen molar-refractivity contribution in [1.82, 2.24) is 0 Å². The number of carbonyl (C=O) groups excluding carboxylic acids is 1. The minimum atomic E-state index is -0.374. The predicted molar refractivity (Wildman–Crippen MR) is 50.6 cm³/mol. The smallest absolute Gasteiger partial charge is 0.342 e. The predicted octanol–water partition coefficient (Wildman–Crippen LogP) is 1.07. The van der Waals surface area contributed by atoms with Crippen LogP contribution >= 0.6 is 0 Å². The molecule has 0 aliphatic rings. The van der Waals surface area contributed by atoms with E-state index < -0.39 is 0 Å². The Morgan fingerprint density at radius 3 is 2.42 bits per heavy atom. The van der Waals surface area contributed by atoms with Gasteiger partial charge in [0, 0.05) is 0 Å². The van der Waals surface area contributed by atoms with E-state index in [4.69, 9.17) is 0 Å². The quantitative estimate of drug-likeness (QED) is 0.381. The third-order valence-corrected chi connectivity index (χ3v) is 1.20. The summed E-state index contributed by atoms with van der Waals surface area (Å²) in [6, 6.07) is 8.77. The standard InChI is InChI=1S/C9H8O2.Mg.2H/c1-2-11-9(10)8-6-4-3-5-7-8;;;/h2-7H,1H2;;;. The highest BCUT2D eigenvalue weighted by Gasteiger charge is 2.01. The maximum atomic E-state index is 11.0. The molecule has 0 saturated carbocycles. The number of rotatable bonds is 2. The van der Waals surface area contributed by atoms with Crippen molar-refractivity contribution in [2.75, 3.05) is 0 Å². The van der Waals surface area contributed by atoms with E-state index in [0.29, 0.717) is 5.56 Å². The van der Waals surface area contributed by atoms with Crippen LogP contribution in [0.25, 0.3) is 0 Å². The Bertz CT molecular complexity index is 256. The second-order valence-electron chi connectivity index (χ2n) is 1.94. The Labute approximate surface area is 87.4 Å². The number of benzene rings is 1. The SMILES string of the molecule is C=COC(=O)c1ccccc1.[MgH2]. The van der Waals surface area contributed by atoms with E-state index >= 15 is 0 Å². The number of carbonyl (C=O) groups is 1. The van der Waals surface area contributed by atoms with Crippen LogP contribution in [-0.2, 0) is 4.74 Å². The lowest BCUT2D eigenvalue weighted by Crippen LogP contribution is -1.98. The van der Waals surface area contributed by atoms with E-state index in [1.165, 1.54) is 0 Å². The van der Waals surface area contributed by atoms with E-state index in [2.05, 4.69) is 11.3 Å². The lowest BCUT2D eigenvalue weighted by atomic mass is 10.2. The molecule has 0 saturated heterocycles. The van der Waals surface area contributed by atoms with Crippen LogP contribution in [-0.4, -0.2) is 29.0 Å². The monoisotopic (exact) mass is 174 g/mol. The van der Waals surface area contributed by atoms with Gasteiger partial charge in [-0.25, -0.2) is 4.79 Å². The third-order valence-electron chi connectivity index (χ3n) is 1.20. The van der Waals surface area contributed by atoms with Gasteiger partial charge in [-0.15, -0.1) is 0 Å². The van der Waals surface area contributed by atoms with Crippen LogP contribution < -0.4 is 0 Å². The molecule has 3 heteroatoms. The van der Waals surface area contributed by atoms with Gasteiger partial charge in [0.1, 0.15) is 0 Å². The van der Waals surface area contributed by atoms with Crippen molar-refractivity contribution in [2.45, 2.75) is 0 Å². The van der Waals surface area contributed by atoms with E-state index in [1.807, 2.05) is 6.07 Å². The molecule has 0 N–H and O–H groups in total. The Hall–Kier alpha value is -0.804. The highest BCUT2D eigenvalue weighted by molar-refractivity contribution is 5.89. The van der Waals surface area contributed by atoms with Crippen LogP contribution in [0.15, 0.2) is 43.2 Å². The summed E-state index contributed by atoms with van der Waals surface area (Å²) in [5, 5.41) is 0. The summed E-state index contributed by atoms with van der Waals surface area (Å²) in [5.41, 5.74) is 0.535. The molecule has 0 heterocycles. The van der Waals surface area contributed by atoms with Crippen molar-refractivity contribution in [2.24, 2.45) is 0 Å². The van der Waals surface area contributed by atoms with Gasteiger partial charge in [0.25, 0.3) is 0 Å². The Morgan fingerprint density at radius 2 is 1.92 bits per heavy atom. The van der Waals surface area contributed by atoms with Gasteiger partial charge in [0.15, 0.2) is 0 Å². The van der Waals surface area contributed by atoms with Crippen LogP contribution in [0.3, 0.4) is 0 Å². The minimum Gasteiger partial charge on any atom is -0.432 e. The van der Waals surface area contributed by atoms with Crippen molar-refractivity contribution >= 4 is 29.0 Å². The van der Waals surface area contributed by atoms with Gasteiger partial charge < -0.3 is 4.74 Å². The molecule has 0 aliphatic carbocycles. The van der Waals surface area contributed by atoms with E-state index in [-0.39, 0.29) is 29.0 Å². The topological polar surface area (TPSA) is 26.3 Å². The van der Waals surface area contributed by atoms with Crippen LogP contribution in [0.5, 0.6) is 0 Å². The molecule has 12 heavy (non-hydrogen) atoms. The minimum absolute atomic E-state index is 0. The Morgan fingerprint density at radius 1 is 1.33 bits per heavy atom. The maximum Gasteiger partial charge on any atom is 0.342 e. The van der Waals surface area contributed by atoms with Gasteiger partial charge in [-0.1, -0.05) is 24.8 Å². The van der Waals surface area contributed by atoms with Crippen molar-refractivity contribution in [3.63, 3.8) is 0 Å². The molecule has 0 aliphatic heterocycles. The summed E-state index contributed by atoms with van der Waals surface area (Å²) < 4.78 is 4.55. The molecule has 0 atom stereocenters. The summed E-state index contributed by atoms with van der Waals surface area (Å²) in [5.74, 6) is -0.374. The van der Waals surface area contributed by atoms with Crippen LogP contribution in [0.4, 0.5) is 0 Å². The van der Waals surface area contributed by atoms with Gasteiger partial charge in [-0.05, 0) is 12.1 Å². The lowest BCUT2D eigenvalue weighted by molar-refractivity contribution is 0.0664. The molecule has 0 aromatic heterocycles. The fourth-order valence-corrected chi connectivity index (χ4v) is 0.718. The molecule has 0 bridgehead atoms. The molecule has 0 amide bonds. The first-order chi connectivity index (χ1) is 5.34. The van der Waals surface area contributed by atoms with E-state index in [9.17, 15) is 4.79 Å². The first kappa shape index (κ1) is 11.2. The summed E-state index contributed by atoms with van der Waals surface area (Å²) in [7, 11) is 0. The lowest BCUT2D eigenvalue weighted by Gasteiger charge is -1.96. The van der Waals surface area contributed by atoms with Gasteiger partial charge in [0.05, 0.1) is 11.8 Å². The van der Waals surface area contributed by atoms with Crippen LogP contribution in [0.2, 0.25) is 0 Å². The molecule has 0 radical (unpaired) electrons. The number of hydrogen-bond acceptors (Lipinski definition) is 2. The zero-order valence-corrected chi connectivity index (χ0v) is 5.99. The molecule has 1 aromatic rings. The molecule has 0 spiro atoms. The fraction of sp³-hybridized carbons (Fsp3) is 0. The van der Waals surface area contributed by atoms with Gasteiger partial charge in [-0.3, -0.25) is 0 Å². The zero-order valence-electron chi connectivity index (χ0n) is 5.99. The van der Waals surface area contributed by atoms with Crippen molar-refractivity contribution in [3.8, 4) is 0 Å². The highest BCUT2D eigenvalue weighted by atomic mass is 24.3. The molecule has 0 fully saturated rings. The second kappa shape index (κ2) is 5.80. The Balaban J connectivity index is 0.00000121. The maximum absolute atomic E-state index is 11.0. The van der Waals surface area contributed by atoms with Gasteiger partial charge in [-0.2, -0.15) is 0 Å². The first-order valence-corrected chi connectivity index (χ1v) is 3.21. The molecule has 0 unspecified atom stereocenters. The van der Waals surface area contributed by atoms with Crippen molar-refractivity contribution < 1.29 is 9.53 Å². The molecular formula is C9H10MgO2. The third kappa shape index (κ3) is 3.07. The van der Waals surface area contributed by atoms with Crippen molar-refractivity contribution in [3.05, 3.63) is 48.7 Å². The summed E-state index contributed by atoms with van der Waals surface area (Å²) >= 11 is 0. The normalized spacial score (nSPS) is 8.00. The van der Waals surface area contributed by atoms with Crippen LogP contribution in [0.1, 0.15) is 10.4 Å². The average molecular weight is 174 g/mol. The van der Waals surface area contributed by atoms with Gasteiger partial charge in [0.2, 0.25) is 0 Å². The molecular weight excluding hydrogens is 164 g/mol. The summed E-state index contributed by atoms with van der Waals surface area (Å²) in [4.78, 5) is 11.0. The summed E-state index contributed by atoms with van der Waals surface area (Å²) in [6.45, 7) is 3.28. The number of ether oxygens (including phenoxy) is 1. The number of esters is 1. The average Bonchev–Trinajstić information content (AvgIpc) is 2.07. The molecule has 1 aromatic carbocycles. The Kier molecular flexibility index (Phi) is 5.41. The first-order valence-electron chi connectivity index (χ1n) is 3.21. The fourth-order valence-electron chi connectivity index (χ4n) is 0.718. The van der Waals surface area contributed by atoms with Gasteiger partial charge >= 0.3 is 29.0 Å². The molecule has 1 rings (SSSR count). The largest absolute Gasteiger partial charge is 0.432 e. The molecule has 60 valence electrons.